The number of hydrogen-bond acceptors (Lipinski definition) is 4. The monoisotopic (exact) mass is 291 g/mol. The zero-order valence-corrected chi connectivity index (χ0v) is 12.2. The first-order valence-electron chi connectivity index (χ1n) is 6.27. The molecule has 1 aromatic heterocycles. The van der Waals surface area contributed by atoms with E-state index in [2.05, 4.69) is 5.32 Å². The number of rotatable bonds is 5. The number of carboxylic acids is 1. The Kier molecular flexibility index (Phi) is 4.42. The van der Waals surface area contributed by atoms with E-state index in [-0.39, 0.29) is 5.75 Å². The predicted octanol–water partition coefficient (Wildman–Crippen LogP) is 2.99. The molecule has 2 aromatic rings. The molecule has 1 aromatic carbocycles. The minimum atomic E-state index is -0.925. The summed E-state index contributed by atoms with van der Waals surface area (Å²) in [6.45, 7) is 4.04. The quantitative estimate of drug-likeness (QED) is 0.792. The Hall–Kier alpha value is -1.85. The zero-order valence-electron chi connectivity index (χ0n) is 11.4. The molecule has 1 atom stereocenters. The number of carboxylic acid groups (broad SMARTS) is 1. The maximum absolute atomic E-state index is 11.4. The average molecular weight is 291 g/mol. The Morgan fingerprint density at radius 2 is 2.00 bits per heavy atom. The summed E-state index contributed by atoms with van der Waals surface area (Å²) in [5.74, 6) is -0.706. The molecule has 0 aliphatic carbocycles. The van der Waals surface area contributed by atoms with Crippen molar-refractivity contribution in [3.05, 3.63) is 51.2 Å². The van der Waals surface area contributed by atoms with Crippen LogP contribution in [0.2, 0.25) is 0 Å². The first-order chi connectivity index (χ1) is 9.49. The Morgan fingerprint density at radius 1 is 1.35 bits per heavy atom. The third-order valence-electron chi connectivity index (χ3n) is 3.15. The fourth-order valence-corrected chi connectivity index (χ4v) is 2.78. The van der Waals surface area contributed by atoms with Gasteiger partial charge in [0.15, 0.2) is 0 Å². The van der Waals surface area contributed by atoms with Crippen LogP contribution in [0.15, 0.2) is 29.6 Å². The van der Waals surface area contributed by atoms with Gasteiger partial charge in [-0.3, -0.25) is 10.1 Å². The second kappa shape index (κ2) is 6.07. The van der Waals surface area contributed by atoms with Crippen LogP contribution in [0.1, 0.15) is 27.6 Å². The molecule has 0 fully saturated rings. The molecule has 3 N–H and O–H groups in total. The molecule has 106 valence electrons. The number of benzene rings is 1. The van der Waals surface area contributed by atoms with E-state index >= 15 is 0 Å². The van der Waals surface area contributed by atoms with Crippen LogP contribution in [0.5, 0.6) is 5.75 Å². The normalized spacial score (nSPS) is 12.3. The van der Waals surface area contributed by atoms with Crippen molar-refractivity contribution >= 4 is 17.3 Å². The van der Waals surface area contributed by atoms with Crippen molar-refractivity contribution in [3.63, 3.8) is 0 Å². The number of carbonyl (C=O) groups is 1. The van der Waals surface area contributed by atoms with Crippen molar-refractivity contribution in [3.8, 4) is 5.75 Å². The highest BCUT2D eigenvalue weighted by atomic mass is 32.1. The van der Waals surface area contributed by atoms with E-state index < -0.39 is 12.0 Å². The topological polar surface area (TPSA) is 69.6 Å². The van der Waals surface area contributed by atoms with Gasteiger partial charge < -0.3 is 10.2 Å². The van der Waals surface area contributed by atoms with Gasteiger partial charge in [0.05, 0.1) is 0 Å². The van der Waals surface area contributed by atoms with Gasteiger partial charge in [0.25, 0.3) is 0 Å². The molecule has 0 amide bonds. The lowest BCUT2D eigenvalue weighted by molar-refractivity contribution is -0.139. The standard InChI is InChI=1S/C15H17NO3S/c1-9-6-11(7-10(2)14(9)17)13(15(18)19)16-8-12-4-3-5-20-12/h3-7,13,16-17H,8H2,1-2H3,(H,18,19). The molecule has 0 radical (unpaired) electrons. The maximum Gasteiger partial charge on any atom is 0.325 e. The minimum Gasteiger partial charge on any atom is -0.507 e. The molecular weight excluding hydrogens is 274 g/mol. The number of aromatic hydroxyl groups is 1. The Morgan fingerprint density at radius 3 is 2.50 bits per heavy atom. The highest BCUT2D eigenvalue weighted by molar-refractivity contribution is 7.09. The molecule has 20 heavy (non-hydrogen) atoms. The summed E-state index contributed by atoms with van der Waals surface area (Å²) in [6, 6.07) is 6.54. The van der Waals surface area contributed by atoms with Gasteiger partial charge in [0, 0.05) is 11.4 Å². The number of phenols is 1. The molecule has 0 saturated carbocycles. The number of phenolic OH excluding ortho intramolecular Hbond substituents is 1. The second-order valence-corrected chi connectivity index (χ2v) is 5.77. The fraction of sp³-hybridized carbons (Fsp3) is 0.267. The van der Waals surface area contributed by atoms with Crippen molar-refractivity contribution < 1.29 is 15.0 Å². The summed E-state index contributed by atoms with van der Waals surface area (Å²) in [7, 11) is 0. The Labute approximate surface area is 121 Å². The van der Waals surface area contributed by atoms with Crippen molar-refractivity contribution in [2.75, 3.05) is 0 Å². The van der Waals surface area contributed by atoms with Gasteiger partial charge >= 0.3 is 5.97 Å². The number of aryl methyl sites for hydroxylation is 2. The molecule has 4 nitrogen and oxygen atoms in total. The van der Waals surface area contributed by atoms with E-state index in [4.69, 9.17) is 0 Å². The first-order valence-corrected chi connectivity index (χ1v) is 7.15. The van der Waals surface area contributed by atoms with E-state index in [9.17, 15) is 15.0 Å². The summed E-state index contributed by atoms with van der Waals surface area (Å²) in [6.07, 6.45) is 0. The van der Waals surface area contributed by atoms with E-state index in [0.29, 0.717) is 23.2 Å². The van der Waals surface area contributed by atoms with Gasteiger partial charge in [-0.1, -0.05) is 18.2 Å². The van der Waals surface area contributed by atoms with Gasteiger partial charge in [-0.15, -0.1) is 11.3 Å². The third kappa shape index (κ3) is 3.18. The lowest BCUT2D eigenvalue weighted by Crippen LogP contribution is -2.28. The third-order valence-corrected chi connectivity index (χ3v) is 4.03. The number of nitrogens with one attached hydrogen (secondary N) is 1. The molecule has 0 bridgehead atoms. The fourth-order valence-electron chi connectivity index (χ4n) is 2.12. The van der Waals surface area contributed by atoms with Crippen molar-refractivity contribution in [2.45, 2.75) is 26.4 Å². The number of aliphatic carboxylic acids is 1. The summed E-state index contributed by atoms with van der Waals surface area (Å²) in [5, 5.41) is 24.2. The molecule has 0 aliphatic rings. The van der Waals surface area contributed by atoms with Crippen molar-refractivity contribution in [1.29, 1.82) is 0 Å². The largest absolute Gasteiger partial charge is 0.507 e. The molecule has 0 spiro atoms. The smallest absolute Gasteiger partial charge is 0.325 e. The van der Waals surface area contributed by atoms with Crippen LogP contribution in [-0.4, -0.2) is 16.2 Å². The van der Waals surface area contributed by atoms with E-state index in [0.717, 1.165) is 4.88 Å². The molecule has 5 heteroatoms. The van der Waals surface area contributed by atoms with Gasteiger partial charge in [0.2, 0.25) is 0 Å². The highest BCUT2D eigenvalue weighted by Gasteiger charge is 2.20. The molecular formula is C15H17NO3S. The average Bonchev–Trinajstić information content (AvgIpc) is 2.88. The lowest BCUT2D eigenvalue weighted by atomic mass is 10.00. The van der Waals surface area contributed by atoms with Gasteiger partial charge in [-0.05, 0) is 42.0 Å². The molecule has 0 aliphatic heterocycles. The van der Waals surface area contributed by atoms with Crippen molar-refractivity contribution in [2.24, 2.45) is 0 Å². The summed E-state index contributed by atoms with van der Waals surface area (Å²) in [4.78, 5) is 12.5. The van der Waals surface area contributed by atoms with Crippen LogP contribution in [0, 0.1) is 13.8 Å². The first kappa shape index (κ1) is 14.6. The second-order valence-electron chi connectivity index (χ2n) is 4.73. The molecule has 0 saturated heterocycles. The number of hydrogen-bond donors (Lipinski definition) is 3. The van der Waals surface area contributed by atoms with Gasteiger partial charge in [-0.25, -0.2) is 0 Å². The van der Waals surface area contributed by atoms with Crippen LogP contribution in [0.3, 0.4) is 0 Å². The number of thiophene rings is 1. The maximum atomic E-state index is 11.4. The van der Waals surface area contributed by atoms with Crippen LogP contribution in [-0.2, 0) is 11.3 Å². The van der Waals surface area contributed by atoms with Crippen LogP contribution < -0.4 is 5.32 Å². The van der Waals surface area contributed by atoms with E-state index in [1.807, 2.05) is 17.5 Å². The summed E-state index contributed by atoms with van der Waals surface area (Å²) >= 11 is 1.59. The SMILES string of the molecule is Cc1cc(C(NCc2cccs2)C(=O)O)cc(C)c1O. The molecule has 1 unspecified atom stereocenters. The Bertz CT molecular complexity index is 585. The molecule has 2 rings (SSSR count). The van der Waals surface area contributed by atoms with Gasteiger partial charge in [-0.2, -0.15) is 0 Å². The van der Waals surface area contributed by atoms with Crippen LogP contribution in [0.25, 0.3) is 0 Å². The van der Waals surface area contributed by atoms with Crippen molar-refractivity contribution in [1.82, 2.24) is 5.32 Å². The molecule has 1 heterocycles. The lowest BCUT2D eigenvalue weighted by Gasteiger charge is -2.16. The minimum absolute atomic E-state index is 0.219. The Balaban J connectivity index is 2.22. The van der Waals surface area contributed by atoms with Crippen LogP contribution >= 0.6 is 11.3 Å². The zero-order chi connectivity index (χ0) is 14.7. The van der Waals surface area contributed by atoms with Crippen LogP contribution in [0.4, 0.5) is 0 Å². The highest BCUT2D eigenvalue weighted by Crippen LogP contribution is 2.26. The van der Waals surface area contributed by atoms with E-state index in [1.165, 1.54) is 0 Å². The summed E-state index contributed by atoms with van der Waals surface area (Å²) < 4.78 is 0. The predicted molar refractivity (Wildman–Crippen MR) is 79.1 cm³/mol. The summed E-state index contributed by atoms with van der Waals surface area (Å²) in [5.41, 5.74) is 2.02. The van der Waals surface area contributed by atoms with Gasteiger partial charge in [0.1, 0.15) is 11.8 Å². The van der Waals surface area contributed by atoms with E-state index in [1.54, 1.807) is 37.3 Å².